The summed E-state index contributed by atoms with van der Waals surface area (Å²) in [6, 6.07) is 13.7. The van der Waals surface area contributed by atoms with Crippen LogP contribution in [-0.2, 0) is 11.3 Å². The molecule has 142 valence electrons. The lowest BCUT2D eigenvalue weighted by Crippen LogP contribution is -2.40. The first kappa shape index (κ1) is 18.2. The zero-order chi connectivity index (χ0) is 18.6. The van der Waals surface area contributed by atoms with Gasteiger partial charge in [-0.05, 0) is 36.2 Å². The van der Waals surface area contributed by atoms with Crippen molar-refractivity contribution in [3.05, 3.63) is 53.6 Å². The van der Waals surface area contributed by atoms with Crippen molar-refractivity contribution in [2.75, 3.05) is 36.5 Å². The van der Waals surface area contributed by atoms with Gasteiger partial charge in [0.05, 0.1) is 0 Å². The Labute approximate surface area is 164 Å². The van der Waals surface area contributed by atoms with E-state index in [1.807, 2.05) is 43.0 Å². The first-order chi connectivity index (χ1) is 13.2. The van der Waals surface area contributed by atoms with E-state index in [2.05, 4.69) is 28.4 Å². The first-order valence-corrected chi connectivity index (χ1v) is 10.4. The van der Waals surface area contributed by atoms with E-state index in [-0.39, 0.29) is 12.5 Å². The average Bonchev–Trinajstić information content (AvgIpc) is 2.71. The number of hydrogen-bond donors (Lipinski definition) is 1. The maximum Gasteiger partial charge on any atom is 0.269 e. The number of ether oxygens (including phenoxy) is 2. The molecule has 1 N–H and O–H groups in total. The van der Waals surface area contributed by atoms with E-state index in [1.165, 1.54) is 17.1 Å². The smallest absolute Gasteiger partial charge is 0.269 e. The summed E-state index contributed by atoms with van der Waals surface area (Å²) in [6.07, 6.45) is -0.651. The topological polar surface area (TPSA) is 50.8 Å². The van der Waals surface area contributed by atoms with Crippen molar-refractivity contribution < 1.29 is 14.3 Å². The van der Waals surface area contributed by atoms with Crippen molar-refractivity contribution in [1.82, 2.24) is 4.90 Å². The normalized spacial score (nSPS) is 19.5. The summed E-state index contributed by atoms with van der Waals surface area (Å²) in [7, 11) is 0. The molecule has 0 aromatic heterocycles. The molecule has 2 heterocycles. The van der Waals surface area contributed by atoms with Crippen LogP contribution in [-0.4, -0.2) is 48.1 Å². The van der Waals surface area contributed by atoms with Gasteiger partial charge in [-0.2, -0.15) is 11.8 Å². The van der Waals surface area contributed by atoms with Crippen LogP contribution in [0.1, 0.15) is 11.1 Å². The third-order valence-electron chi connectivity index (χ3n) is 4.87. The molecule has 2 aliphatic rings. The van der Waals surface area contributed by atoms with Crippen molar-refractivity contribution in [3.8, 4) is 11.5 Å². The van der Waals surface area contributed by atoms with Crippen LogP contribution in [0.15, 0.2) is 42.5 Å². The van der Waals surface area contributed by atoms with Crippen LogP contribution in [0, 0.1) is 6.92 Å². The number of anilines is 1. The third-order valence-corrected chi connectivity index (χ3v) is 5.81. The number of carbonyl (C=O) groups is 1. The highest BCUT2D eigenvalue weighted by Gasteiger charge is 2.27. The average molecular weight is 385 g/mol. The monoisotopic (exact) mass is 384 g/mol. The van der Waals surface area contributed by atoms with Gasteiger partial charge in [-0.15, -0.1) is 0 Å². The molecule has 5 nitrogen and oxygen atoms in total. The Kier molecular flexibility index (Phi) is 5.55. The van der Waals surface area contributed by atoms with Gasteiger partial charge in [-0.3, -0.25) is 9.69 Å². The van der Waals surface area contributed by atoms with Crippen molar-refractivity contribution in [3.63, 3.8) is 0 Å². The molecule has 1 saturated heterocycles. The second-order valence-electron chi connectivity index (χ2n) is 6.89. The summed E-state index contributed by atoms with van der Waals surface area (Å²) in [6.45, 7) is 5.37. The van der Waals surface area contributed by atoms with Crippen LogP contribution in [0.25, 0.3) is 0 Å². The number of hydrogen-bond acceptors (Lipinski definition) is 5. The number of nitrogens with one attached hydrogen (secondary N) is 1. The van der Waals surface area contributed by atoms with Crippen LogP contribution in [0.2, 0.25) is 0 Å². The molecule has 1 unspecified atom stereocenters. The Morgan fingerprint density at radius 2 is 1.96 bits per heavy atom. The molecule has 2 aliphatic heterocycles. The summed E-state index contributed by atoms with van der Waals surface area (Å²) in [5.41, 5.74) is 3.10. The summed E-state index contributed by atoms with van der Waals surface area (Å²) >= 11 is 2.01. The summed E-state index contributed by atoms with van der Waals surface area (Å²) in [4.78, 5) is 15.2. The molecule has 0 radical (unpaired) electrons. The van der Waals surface area contributed by atoms with E-state index in [1.54, 1.807) is 0 Å². The molecule has 0 bridgehead atoms. The molecule has 0 saturated carbocycles. The van der Waals surface area contributed by atoms with Crippen LogP contribution in [0.5, 0.6) is 11.5 Å². The predicted octanol–water partition coefficient (Wildman–Crippen LogP) is 3.32. The number of fused-ring (bicyclic) bond motifs is 1. The maximum atomic E-state index is 12.7. The molecule has 2 aromatic carbocycles. The fourth-order valence-corrected chi connectivity index (χ4v) is 4.26. The fourth-order valence-electron chi connectivity index (χ4n) is 3.28. The fraction of sp³-hybridized carbons (Fsp3) is 0.381. The standard InChI is InChI=1S/C21H24N2O3S/c1-15-6-7-16(13-23-8-10-27-11-9-23)12-17(15)22-21(24)20-14-25-18-4-2-3-5-19(18)26-20/h2-7,12,20H,8-11,13-14H2,1H3,(H,22,24). The number of para-hydroxylation sites is 2. The second-order valence-corrected chi connectivity index (χ2v) is 8.12. The second kappa shape index (κ2) is 8.23. The van der Waals surface area contributed by atoms with E-state index in [0.717, 1.165) is 30.9 Å². The minimum Gasteiger partial charge on any atom is -0.485 e. The van der Waals surface area contributed by atoms with E-state index < -0.39 is 6.10 Å². The van der Waals surface area contributed by atoms with Gasteiger partial charge in [0.25, 0.3) is 5.91 Å². The maximum absolute atomic E-state index is 12.7. The van der Waals surface area contributed by atoms with Gasteiger partial charge in [-0.25, -0.2) is 0 Å². The molecule has 4 rings (SSSR count). The number of benzene rings is 2. The zero-order valence-electron chi connectivity index (χ0n) is 15.4. The van der Waals surface area contributed by atoms with Crippen molar-refractivity contribution in [2.24, 2.45) is 0 Å². The summed E-state index contributed by atoms with van der Waals surface area (Å²) < 4.78 is 11.5. The van der Waals surface area contributed by atoms with Gasteiger partial charge in [-0.1, -0.05) is 24.3 Å². The zero-order valence-corrected chi connectivity index (χ0v) is 16.3. The Hall–Kier alpha value is -2.18. The first-order valence-electron chi connectivity index (χ1n) is 9.28. The number of thioether (sulfide) groups is 1. The summed E-state index contributed by atoms with van der Waals surface area (Å²) in [5.74, 6) is 3.49. The van der Waals surface area contributed by atoms with Crippen molar-refractivity contribution >= 4 is 23.4 Å². The Morgan fingerprint density at radius 3 is 2.78 bits per heavy atom. The van der Waals surface area contributed by atoms with E-state index >= 15 is 0 Å². The van der Waals surface area contributed by atoms with Crippen LogP contribution in [0.3, 0.4) is 0 Å². The number of rotatable bonds is 4. The SMILES string of the molecule is Cc1ccc(CN2CCSCC2)cc1NC(=O)C1COc2ccccc2O1. The molecular weight excluding hydrogens is 360 g/mol. The lowest BCUT2D eigenvalue weighted by atomic mass is 10.1. The molecule has 2 aromatic rings. The van der Waals surface area contributed by atoms with Crippen LogP contribution in [0.4, 0.5) is 5.69 Å². The Morgan fingerprint density at radius 1 is 1.19 bits per heavy atom. The van der Waals surface area contributed by atoms with Gasteiger partial charge in [0, 0.05) is 36.8 Å². The minimum atomic E-state index is -0.651. The molecule has 1 amide bonds. The number of carbonyl (C=O) groups excluding carboxylic acids is 1. The molecule has 1 fully saturated rings. The Bertz CT molecular complexity index is 821. The highest BCUT2D eigenvalue weighted by Crippen LogP contribution is 2.31. The molecule has 0 spiro atoms. The largest absolute Gasteiger partial charge is 0.485 e. The van der Waals surface area contributed by atoms with Gasteiger partial charge < -0.3 is 14.8 Å². The van der Waals surface area contributed by atoms with E-state index in [0.29, 0.717) is 11.5 Å². The van der Waals surface area contributed by atoms with Crippen LogP contribution >= 0.6 is 11.8 Å². The Balaban J connectivity index is 1.42. The number of amides is 1. The van der Waals surface area contributed by atoms with Gasteiger partial charge >= 0.3 is 0 Å². The predicted molar refractivity (Wildman–Crippen MR) is 109 cm³/mol. The molecular formula is C21H24N2O3S. The van der Waals surface area contributed by atoms with E-state index in [4.69, 9.17) is 9.47 Å². The molecule has 1 atom stereocenters. The van der Waals surface area contributed by atoms with Gasteiger partial charge in [0.1, 0.15) is 6.61 Å². The third kappa shape index (κ3) is 4.39. The van der Waals surface area contributed by atoms with E-state index in [9.17, 15) is 4.79 Å². The highest BCUT2D eigenvalue weighted by molar-refractivity contribution is 7.99. The quantitative estimate of drug-likeness (QED) is 0.876. The minimum absolute atomic E-state index is 0.181. The molecule has 0 aliphatic carbocycles. The van der Waals surface area contributed by atoms with Crippen molar-refractivity contribution in [2.45, 2.75) is 19.6 Å². The number of nitrogens with zero attached hydrogens (tertiary/aromatic N) is 1. The van der Waals surface area contributed by atoms with Gasteiger partial charge in [0.15, 0.2) is 11.5 Å². The van der Waals surface area contributed by atoms with Crippen LogP contribution < -0.4 is 14.8 Å². The highest BCUT2D eigenvalue weighted by atomic mass is 32.2. The van der Waals surface area contributed by atoms with Gasteiger partial charge in [0.2, 0.25) is 6.10 Å². The molecule has 27 heavy (non-hydrogen) atoms. The summed E-state index contributed by atoms with van der Waals surface area (Å²) in [5, 5.41) is 3.02. The lowest BCUT2D eigenvalue weighted by molar-refractivity contribution is -0.125. The van der Waals surface area contributed by atoms with Crippen molar-refractivity contribution in [1.29, 1.82) is 0 Å². The lowest BCUT2D eigenvalue weighted by Gasteiger charge is -2.27. The molecule has 6 heteroatoms. The number of aryl methyl sites for hydroxylation is 1.